The lowest BCUT2D eigenvalue weighted by molar-refractivity contribution is 0.0978. The molecule has 3 rings (SSSR count). The SMILES string of the molecule is O=C(NC(CCO)C1CCCCC1)NC1CC2CCC1O2. The average Bonchev–Trinajstić information content (AvgIpc) is 3.10. The molecule has 4 unspecified atom stereocenters. The van der Waals surface area contributed by atoms with E-state index in [1.54, 1.807) is 0 Å². The first-order valence-electron chi connectivity index (χ1n) is 8.59. The molecule has 2 amide bonds. The summed E-state index contributed by atoms with van der Waals surface area (Å²) < 4.78 is 5.77. The van der Waals surface area contributed by atoms with Crippen LogP contribution in [0.15, 0.2) is 0 Å². The quantitative estimate of drug-likeness (QED) is 0.726. The van der Waals surface area contributed by atoms with Gasteiger partial charge in [-0.15, -0.1) is 0 Å². The maximum atomic E-state index is 12.2. The summed E-state index contributed by atoms with van der Waals surface area (Å²) in [6.07, 6.45) is 10.5. The summed E-state index contributed by atoms with van der Waals surface area (Å²) in [7, 11) is 0. The van der Waals surface area contributed by atoms with Gasteiger partial charge < -0.3 is 20.5 Å². The van der Waals surface area contributed by atoms with Crippen molar-refractivity contribution in [2.24, 2.45) is 5.92 Å². The van der Waals surface area contributed by atoms with Crippen LogP contribution in [0.4, 0.5) is 4.79 Å². The minimum Gasteiger partial charge on any atom is -0.396 e. The van der Waals surface area contributed by atoms with Gasteiger partial charge in [0.25, 0.3) is 0 Å². The van der Waals surface area contributed by atoms with Crippen LogP contribution in [0, 0.1) is 5.92 Å². The standard InChI is InChI=1S/C16H28N2O3/c19-9-8-13(11-4-2-1-3-5-11)17-16(20)18-14-10-12-6-7-15(14)21-12/h11-15,19H,1-10H2,(H2,17,18,20). The first-order chi connectivity index (χ1) is 10.3. The van der Waals surface area contributed by atoms with Gasteiger partial charge in [-0.25, -0.2) is 4.79 Å². The summed E-state index contributed by atoms with van der Waals surface area (Å²) in [5.41, 5.74) is 0. The number of carbonyl (C=O) groups excluding carboxylic acids is 1. The summed E-state index contributed by atoms with van der Waals surface area (Å²) in [5.74, 6) is 0.521. The minimum atomic E-state index is -0.0832. The zero-order chi connectivity index (χ0) is 14.7. The number of aliphatic hydroxyl groups excluding tert-OH is 1. The maximum Gasteiger partial charge on any atom is 0.315 e. The van der Waals surface area contributed by atoms with Gasteiger partial charge in [-0.05, 0) is 44.4 Å². The number of nitrogens with one attached hydrogen (secondary N) is 2. The van der Waals surface area contributed by atoms with Crippen molar-refractivity contribution in [1.29, 1.82) is 0 Å². The van der Waals surface area contributed by atoms with Crippen LogP contribution in [0.2, 0.25) is 0 Å². The van der Waals surface area contributed by atoms with E-state index in [2.05, 4.69) is 10.6 Å². The first-order valence-corrected chi connectivity index (χ1v) is 8.59. The number of ether oxygens (including phenoxy) is 1. The molecule has 3 fully saturated rings. The first kappa shape index (κ1) is 15.1. The third-order valence-electron chi connectivity index (χ3n) is 5.40. The van der Waals surface area contributed by atoms with Crippen LogP contribution in [-0.2, 0) is 4.74 Å². The molecule has 120 valence electrons. The van der Waals surface area contributed by atoms with Crippen LogP contribution in [0.25, 0.3) is 0 Å². The van der Waals surface area contributed by atoms with Gasteiger partial charge in [0.2, 0.25) is 0 Å². The van der Waals surface area contributed by atoms with Gasteiger partial charge in [-0.3, -0.25) is 0 Å². The van der Waals surface area contributed by atoms with E-state index in [1.165, 1.54) is 32.1 Å². The Morgan fingerprint density at radius 3 is 2.62 bits per heavy atom. The highest BCUT2D eigenvalue weighted by Gasteiger charge is 2.41. The molecular formula is C16H28N2O3. The Morgan fingerprint density at radius 2 is 2.00 bits per heavy atom. The molecule has 3 N–H and O–H groups in total. The van der Waals surface area contributed by atoms with Crippen LogP contribution in [0.1, 0.15) is 57.8 Å². The molecule has 2 aliphatic heterocycles. The molecule has 5 nitrogen and oxygen atoms in total. The van der Waals surface area contributed by atoms with Crippen LogP contribution < -0.4 is 10.6 Å². The number of amides is 2. The molecule has 5 heteroatoms. The smallest absolute Gasteiger partial charge is 0.315 e. The van der Waals surface area contributed by atoms with Crippen molar-refractivity contribution in [2.75, 3.05) is 6.61 Å². The molecule has 0 radical (unpaired) electrons. The van der Waals surface area contributed by atoms with Crippen molar-refractivity contribution in [3.05, 3.63) is 0 Å². The number of aliphatic hydroxyl groups is 1. The molecule has 2 saturated heterocycles. The lowest BCUT2D eigenvalue weighted by Crippen LogP contribution is -2.51. The largest absolute Gasteiger partial charge is 0.396 e. The molecular weight excluding hydrogens is 268 g/mol. The number of hydrogen-bond acceptors (Lipinski definition) is 3. The Balaban J connectivity index is 1.48. The van der Waals surface area contributed by atoms with E-state index < -0.39 is 0 Å². The molecule has 0 aromatic rings. The molecule has 0 aromatic heterocycles. The van der Waals surface area contributed by atoms with Crippen molar-refractivity contribution in [3.8, 4) is 0 Å². The monoisotopic (exact) mass is 296 g/mol. The third-order valence-corrected chi connectivity index (χ3v) is 5.40. The fourth-order valence-electron chi connectivity index (χ4n) is 4.27. The number of carbonyl (C=O) groups is 1. The Morgan fingerprint density at radius 1 is 1.19 bits per heavy atom. The zero-order valence-electron chi connectivity index (χ0n) is 12.7. The molecule has 4 atom stereocenters. The molecule has 0 aromatic carbocycles. The Kier molecular flexibility index (Phi) is 5.01. The Bertz CT molecular complexity index is 357. The summed E-state index contributed by atoms with van der Waals surface area (Å²) in [5, 5.41) is 15.4. The van der Waals surface area contributed by atoms with Gasteiger partial charge in [0.1, 0.15) is 0 Å². The zero-order valence-corrected chi connectivity index (χ0v) is 12.7. The minimum absolute atomic E-state index is 0.0832. The second-order valence-corrected chi connectivity index (χ2v) is 6.85. The highest BCUT2D eigenvalue weighted by Crippen LogP contribution is 2.34. The van der Waals surface area contributed by atoms with Crippen molar-refractivity contribution in [3.63, 3.8) is 0 Å². The topological polar surface area (TPSA) is 70.6 Å². The van der Waals surface area contributed by atoms with E-state index in [0.717, 1.165) is 19.3 Å². The number of hydrogen-bond donors (Lipinski definition) is 3. The third kappa shape index (κ3) is 3.69. The summed E-state index contributed by atoms with van der Waals surface area (Å²) >= 11 is 0. The van der Waals surface area contributed by atoms with E-state index in [0.29, 0.717) is 18.4 Å². The van der Waals surface area contributed by atoms with Gasteiger partial charge in [0.15, 0.2) is 0 Å². The van der Waals surface area contributed by atoms with E-state index in [9.17, 15) is 9.90 Å². The van der Waals surface area contributed by atoms with Crippen molar-refractivity contribution >= 4 is 6.03 Å². The molecule has 2 heterocycles. The van der Waals surface area contributed by atoms with Gasteiger partial charge >= 0.3 is 6.03 Å². The lowest BCUT2D eigenvalue weighted by Gasteiger charge is -2.31. The number of urea groups is 1. The average molecular weight is 296 g/mol. The molecule has 21 heavy (non-hydrogen) atoms. The Labute approximate surface area is 126 Å². The van der Waals surface area contributed by atoms with Crippen LogP contribution in [-0.4, -0.2) is 42.0 Å². The van der Waals surface area contributed by atoms with Crippen molar-refractivity contribution in [1.82, 2.24) is 10.6 Å². The number of fused-ring (bicyclic) bond motifs is 2. The maximum absolute atomic E-state index is 12.2. The lowest BCUT2D eigenvalue weighted by atomic mass is 9.83. The molecule has 1 saturated carbocycles. The van der Waals surface area contributed by atoms with E-state index in [4.69, 9.17) is 4.74 Å². The van der Waals surface area contributed by atoms with Crippen molar-refractivity contribution in [2.45, 2.75) is 82.1 Å². The molecule has 0 spiro atoms. The second kappa shape index (κ2) is 6.97. The van der Waals surface area contributed by atoms with E-state index in [1.807, 2.05) is 0 Å². The van der Waals surface area contributed by atoms with Crippen molar-refractivity contribution < 1.29 is 14.6 Å². The van der Waals surface area contributed by atoms with Gasteiger partial charge in [0.05, 0.1) is 18.2 Å². The van der Waals surface area contributed by atoms with E-state index in [-0.39, 0.29) is 30.8 Å². The van der Waals surface area contributed by atoms with E-state index >= 15 is 0 Å². The van der Waals surface area contributed by atoms with Gasteiger partial charge in [-0.1, -0.05) is 19.3 Å². The number of rotatable bonds is 5. The molecule has 2 bridgehead atoms. The van der Waals surface area contributed by atoms with Gasteiger partial charge in [0, 0.05) is 12.6 Å². The summed E-state index contributed by atoms with van der Waals surface area (Å²) in [6, 6.07) is 0.194. The fraction of sp³-hybridized carbons (Fsp3) is 0.938. The summed E-state index contributed by atoms with van der Waals surface area (Å²) in [4.78, 5) is 12.2. The predicted molar refractivity (Wildman–Crippen MR) is 80.0 cm³/mol. The van der Waals surface area contributed by atoms with Gasteiger partial charge in [-0.2, -0.15) is 0 Å². The Hall–Kier alpha value is -0.810. The predicted octanol–water partition coefficient (Wildman–Crippen LogP) is 1.94. The normalized spacial score (nSPS) is 33.9. The molecule has 3 aliphatic rings. The fourth-order valence-corrected chi connectivity index (χ4v) is 4.27. The van der Waals surface area contributed by atoms with Crippen LogP contribution >= 0.6 is 0 Å². The highest BCUT2D eigenvalue weighted by atomic mass is 16.5. The van der Waals surface area contributed by atoms with Crippen LogP contribution in [0.3, 0.4) is 0 Å². The van der Waals surface area contributed by atoms with Crippen LogP contribution in [0.5, 0.6) is 0 Å². The second-order valence-electron chi connectivity index (χ2n) is 6.85. The highest BCUT2D eigenvalue weighted by molar-refractivity contribution is 5.74. The summed E-state index contributed by atoms with van der Waals surface area (Å²) in [6.45, 7) is 0.138. The molecule has 1 aliphatic carbocycles.